The fourth-order valence-corrected chi connectivity index (χ4v) is 1.04. The maximum atomic E-state index is 11.0. The van der Waals surface area contributed by atoms with E-state index >= 15 is 0 Å². The number of carbonyl (C=O) groups is 2. The molecule has 0 aromatic carbocycles. The molecule has 0 aliphatic carbocycles. The van der Waals surface area contributed by atoms with Crippen LogP contribution in [0.25, 0.3) is 0 Å². The minimum atomic E-state index is -0.596. The molecule has 1 fully saturated rings. The Kier molecular flexibility index (Phi) is 4.11. The molecule has 1 N–H and O–H groups in total. The second kappa shape index (κ2) is 5.35. The Bertz CT molecular complexity index is 277. The fraction of sp³-hybridized carbons (Fsp3) is 0.556. The minimum absolute atomic E-state index is 0.121. The van der Waals surface area contributed by atoms with E-state index in [4.69, 9.17) is 0 Å². The molecule has 0 atom stereocenters. The van der Waals surface area contributed by atoms with Gasteiger partial charge in [-0.05, 0) is 6.92 Å². The molecule has 15 heavy (non-hydrogen) atoms. The standard InChI is InChI=1S/C9H14N2O4/c1-7(2)8(12)15-14-6-5-11-4-3-10-9(11)13/h1,3-6H2,2H3,(H,10,13). The van der Waals surface area contributed by atoms with Crippen LogP contribution >= 0.6 is 0 Å². The van der Waals surface area contributed by atoms with Crippen molar-refractivity contribution in [2.24, 2.45) is 0 Å². The van der Waals surface area contributed by atoms with Crippen molar-refractivity contribution in [2.45, 2.75) is 6.92 Å². The van der Waals surface area contributed by atoms with Gasteiger partial charge in [-0.3, -0.25) is 4.89 Å². The summed E-state index contributed by atoms with van der Waals surface area (Å²) in [5.74, 6) is -0.596. The van der Waals surface area contributed by atoms with Gasteiger partial charge in [0.15, 0.2) is 0 Å². The summed E-state index contributed by atoms with van der Waals surface area (Å²) in [6.45, 7) is 6.77. The molecule has 1 aliphatic rings. The van der Waals surface area contributed by atoms with Crippen LogP contribution in [0.15, 0.2) is 12.2 Å². The fourth-order valence-electron chi connectivity index (χ4n) is 1.04. The predicted molar refractivity (Wildman–Crippen MR) is 51.8 cm³/mol. The molecule has 1 saturated heterocycles. The van der Waals surface area contributed by atoms with Gasteiger partial charge in [-0.1, -0.05) is 6.58 Å². The average Bonchev–Trinajstić information content (AvgIpc) is 2.58. The minimum Gasteiger partial charge on any atom is -0.336 e. The van der Waals surface area contributed by atoms with Crippen LogP contribution in [-0.4, -0.2) is 43.1 Å². The molecule has 0 spiro atoms. The SMILES string of the molecule is C=C(C)C(=O)OOCCN1CCNC1=O. The number of hydrogen-bond acceptors (Lipinski definition) is 4. The number of nitrogens with one attached hydrogen (secondary N) is 1. The van der Waals surface area contributed by atoms with E-state index in [9.17, 15) is 9.59 Å². The molecule has 2 amide bonds. The largest absolute Gasteiger partial charge is 0.368 e. The van der Waals surface area contributed by atoms with Gasteiger partial charge in [0.2, 0.25) is 0 Å². The molecule has 84 valence electrons. The number of nitrogens with zero attached hydrogens (tertiary/aromatic N) is 1. The number of hydrogen-bond donors (Lipinski definition) is 1. The Morgan fingerprint density at radius 2 is 2.40 bits per heavy atom. The van der Waals surface area contributed by atoms with Crippen LogP contribution in [-0.2, 0) is 14.6 Å². The van der Waals surface area contributed by atoms with Crippen LogP contribution in [0.3, 0.4) is 0 Å². The van der Waals surface area contributed by atoms with Crippen LogP contribution in [0.5, 0.6) is 0 Å². The van der Waals surface area contributed by atoms with E-state index in [-0.39, 0.29) is 18.2 Å². The first-order valence-electron chi connectivity index (χ1n) is 4.63. The highest BCUT2D eigenvalue weighted by Gasteiger charge is 2.18. The second-order valence-electron chi connectivity index (χ2n) is 3.19. The van der Waals surface area contributed by atoms with Crippen molar-refractivity contribution in [1.82, 2.24) is 10.2 Å². The lowest BCUT2D eigenvalue weighted by Crippen LogP contribution is -2.31. The summed E-state index contributed by atoms with van der Waals surface area (Å²) in [5.41, 5.74) is 0.272. The van der Waals surface area contributed by atoms with E-state index in [0.717, 1.165) is 0 Å². The molecule has 6 heteroatoms. The predicted octanol–water partition coefficient (Wildman–Crippen LogP) is 0.0625. The highest BCUT2D eigenvalue weighted by Crippen LogP contribution is 1.97. The molecular formula is C9H14N2O4. The molecule has 0 radical (unpaired) electrons. The topological polar surface area (TPSA) is 67.9 Å². The van der Waals surface area contributed by atoms with Gasteiger partial charge < -0.3 is 10.2 Å². The van der Waals surface area contributed by atoms with Gasteiger partial charge in [-0.15, -0.1) is 0 Å². The Balaban J connectivity index is 2.09. The Morgan fingerprint density at radius 3 is 2.93 bits per heavy atom. The number of urea groups is 1. The summed E-state index contributed by atoms with van der Waals surface area (Å²) in [6.07, 6.45) is 0. The molecule has 1 heterocycles. The molecule has 0 bridgehead atoms. The third-order valence-electron chi connectivity index (χ3n) is 1.87. The Labute approximate surface area is 87.8 Å². The van der Waals surface area contributed by atoms with E-state index < -0.39 is 5.97 Å². The van der Waals surface area contributed by atoms with Crippen molar-refractivity contribution in [3.8, 4) is 0 Å². The Hall–Kier alpha value is -1.56. The summed E-state index contributed by atoms with van der Waals surface area (Å²) in [4.78, 5) is 32.5. The summed E-state index contributed by atoms with van der Waals surface area (Å²) >= 11 is 0. The summed E-state index contributed by atoms with van der Waals surface area (Å²) in [5, 5.41) is 2.65. The monoisotopic (exact) mass is 214 g/mol. The van der Waals surface area contributed by atoms with Crippen LogP contribution in [0.4, 0.5) is 4.79 Å². The summed E-state index contributed by atoms with van der Waals surface area (Å²) in [7, 11) is 0. The normalized spacial score (nSPS) is 15.0. The zero-order valence-corrected chi connectivity index (χ0v) is 8.62. The van der Waals surface area contributed by atoms with Crippen LogP contribution in [0.2, 0.25) is 0 Å². The summed E-state index contributed by atoms with van der Waals surface area (Å²) in [6, 6.07) is -0.121. The average molecular weight is 214 g/mol. The van der Waals surface area contributed by atoms with Gasteiger partial charge >= 0.3 is 12.0 Å². The molecule has 1 rings (SSSR count). The lowest BCUT2D eigenvalue weighted by molar-refractivity contribution is -0.268. The molecule has 0 aromatic heterocycles. The molecule has 0 unspecified atom stereocenters. The highest BCUT2D eigenvalue weighted by molar-refractivity contribution is 5.86. The summed E-state index contributed by atoms with van der Waals surface area (Å²) < 4.78 is 0. The van der Waals surface area contributed by atoms with Crippen molar-refractivity contribution in [1.29, 1.82) is 0 Å². The van der Waals surface area contributed by atoms with E-state index in [1.165, 1.54) is 6.92 Å². The quantitative estimate of drug-likeness (QED) is 0.304. The van der Waals surface area contributed by atoms with Crippen molar-refractivity contribution in [2.75, 3.05) is 26.2 Å². The number of amides is 2. The molecule has 1 aliphatic heterocycles. The van der Waals surface area contributed by atoms with E-state index in [0.29, 0.717) is 19.6 Å². The van der Waals surface area contributed by atoms with Crippen molar-refractivity contribution >= 4 is 12.0 Å². The Morgan fingerprint density at radius 1 is 1.67 bits per heavy atom. The van der Waals surface area contributed by atoms with Crippen molar-refractivity contribution in [3.05, 3.63) is 12.2 Å². The van der Waals surface area contributed by atoms with Gasteiger partial charge in [0.05, 0.1) is 6.54 Å². The van der Waals surface area contributed by atoms with Crippen LogP contribution < -0.4 is 5.32 Å². The van der Waals surface area contributed by atoms with Gasteiger partial charge in [0.1, 0.15) is 6.61 Å². The van der Waals surface area contributed by atoms with Gasteiger partial charge in [-0.2, -0.15) is 4.89 Å². The smallest absolute Gasteiger partial charge is 0.336 e. The van der Waals surface area contributed by atoms with Gasteiger partial charge in [0.25, 0.3) is 0 Å². The molecule has 0 saturated carbocycles. The maximum Gasteiger partial charge on any atom is 0.368 e. The number of carbonyl (C=O) groups excluding carboxylic acids is 2. The zero-order valence-electron chi connectivity index (χ0n) is 8.62. The lowest BCUT2D eigenvalue weighted by Gasteiger charge is -2.12. The molecule has 0 aromatic rings. The number of rotatable bonds is 5. The highest BCUT2D eigenvalue weighted by atomic mass is 17.2. The third kappa shape index (κ3) is 3.59. The zero-order chi connectivity index (χ0) is 11.3. The van der Waals surface area contributed by atoms with Crippen molar-refractivity contribution < 1.29 is 19.4 Å². The van der Waals surface area contributed by atoms with E-state index in [1.807, 2.05) is 0 Å². The van der Waals surface area contributed by atoms with Crippen LogP contribution in [0.1, 0.15) is 6.92 Å². The lowest BCUT2D eigenvalue weighted by atomic mass is 10.4. The third-order valence-corrected chi connectivity index (χ3v) is 1.87. The van der Waals surface area contributed by atoms with E-state index in [2.05, 4.69) is 21.7 Å². The molecular weight excluding hydrogens is 200 g/mol. The second-order valence-corrected chi connectivity index (χ2v) is 3.19. The first-order valence-corrected chi connectivity index (χ1v) is 4.63. The first-order chi connectivity index (χ1) is 7.11. The van der Waals surface area contributed by atoms with Crippen molar-refractivity contribution in [3.63, 3.8) is 0 Å². The molecule has 6 nitrogen and oxygen atoms in total. The van der Waals surface area contributed by atoms with Gasteiger partial charge in [0, 0.05) is 18.7 Å². The maximum absolute atomic E-state index is 11.0. The van der Waals surface area contributed by atoms with E-state index in [1.54, 1.807) is 4.90 Å². The first kappa shape index (κ1) is 11.5. The van der Waals surface area contributed by atoms with Crippen LogP contribution in [0, 0.1) is 0 Å². The van der Waals surface area contributed by atoms with Gasteiger partial charge in [-0.25, -0.2) is 9.59 Å².